The molecule has 3 aromatic heterocycles. The van der Waals surface area contributed by atoms with Crippen LogP contribution in [0.3, 0.4) is 0 Å². The fourth-order valence-corrected chi connectivity index (χ4v) is 4.89. The van der Waals surface area contributed by atoms with Gasteiger partial charge in [-0.25, -0.2) is 4.98 Å². The van der Waals surface area contributed by atoms with Gasteiger partial charge in [0, 0.05) is 33.9 Å². The van der Waals surface area contributed by atoms with Crippen LogP contribution in [-0.4, -0.2) is 20.5 Å². The van der Waals surface area contributed by atoms with Gasteiger partial charge >= 0.3 is 21.1 Å². The third-order valence-corrected chi connectivity index (χ3v) is 6.96. The largest absolute Gasteiger partial charge is 2.00 e. The van der Waals surface area contributed by atoms with Crippen LogP contribution in [0.25, 0.3) is 43.8 Å². The number of hydrogen-bond acceptors (Lipinski definition) is 4. The van der Waals surface area contributed by atoms with Crippen LogP contribution in [0.4, 0.5) is 5.82 Å². The molecule has 0 aliphatic carbocycles. The Kier molecular flexibility index (Phi) is 7.03. The smallest absolute Gasteiger partial charge is 0.373 e. The molecule has 0 amide bonds. The molecule has 39 heavy (non-hydrogen) atoms. The molecular weight excluding hydrogens is 659 g/mol. The first-order chi connectivity index (χ1) is 18.2. The van der Waals surface area contributed by atoms with Crippen LogP contribution in [0.15, 0.2) is 85.1 Å². The maximum Gasteiger partial charge on any atom is 2.00 e. The summed E-state index contributed by atoms with van der Waals surface area (Å²) in [6, 6.07) is 33.9. The normalized spacial score (nSPS) is 12.0. The second-order valence-electron chi connectivity index (χ2n) is 11.4. The van der Waals surface area contributed by atoms with Gasteiger partial charge in [-0.15, -0.1) is 65.0 Å². The van der Waals surface area contributed by atoms with E-state index in [1.165, 1.54) is 5.39 Å². The van der Waals surface area contributed by atoms with Gasteiger partial charge in [0.2, 0.25) is 0 Å². The number of benzene rings is 3. The van der Waals surface area contributed by atoms with Gasteiger partial charge in [0.25, 0.3) is 0 Å². The van der Waals surface area contributed by atoms with E-state index in [2.05, 4.69) is 113 Å². The molecule has 5 heteroatoms. The van der Waals surface area contributed by atoms with Gasteiger partial charge in [-0.2, -0.15) is 0 Å². The van der Waals surface area contributed by atoms with Crippen molar-refractivity contribution in [3.8, 4) is 11.3 Å². The van der Waals surface area contributed by atoms with Gasteiger partial charge in [-0.1, -0.05) is 49.6 Å². The van der Waals surface area contributed by atoms with Gasteiger partial charge in [0.1, 0.15) is 0 Å². The van der Waals surface area contributed by atoms with Crippen molar-refractivity contribution in [3.05, 3.63) is 108 Å². The van der Waals surface area contributed by atoms with Crippen LogP contribution in [-0.2, 0) is 26.5 Å². The summed E-state index contributed by atoms with van der Waals surface area (Å²) in [6.07, 6.45) is 1.93. The Morgan fingerprint density at radius 1 is 0.795 bits per heavy atom. The topological polar surface area (TPSA) is 50.7 Å². The third kappa shape index (κ3) is 5.18. The maximum absolute atomic E-state index is 5.18. The zero-order chi connectivity index (χ0) is 26.5. The molecule has 0 atom stereocenters. The van der Waals surface area contributed by atoms with Crippen molar-refractivity contribution in [3.63, 3.8) is 0 Å². The molecule has 0 unspecified atom stereocenters. The second-order valence-corrected chi connectivity index (χ2v) is 11.4. The molecule has 0 spiro atoms. The van der Waals surface area contributed by atoms with Crippen molar-refractivity contribution in [2.24, 2.45) is 0 Å². The Labute approximate surface area is 244 Å². The number of fused-ring (bicyclic) bond motifs is 4. The first kappa shape index (κ1) is 27.0. The van der Waals surface area contributed by atoms with E-state index < -0.39 is 0 Å². The predicted octanol–water partition coefficient (Wildman–Crippen LogP) is 8.13. The van der Waals surface area contributed by atoms with Crippen molar-refractivity contribution in [2.75, 3.05) is 5.32 Å². The Morgan fingerprint density at radius 2 is 1.59 bits per heavy atom. The molecule has 6 aromatic rings. The van der Waals surface area contributed by atoms with E-state index in [-0.39, 0.29) is 32.0 Å². The minimum absolute atomic E-state index is 0. The number of nitrogens with one attached hydrogen (secondary N) is 1. The summed E-state index contributed by atoms with van der Waals surface area (Å²) in [5, 5.41) is 7.84. The molecular formula is C34H30N4Pt. The summed E-state index contributed by atoms with van der Waals surface area (Å²) in [6.45, 7) is 10.8. The van der Waals surface area contributed by atoms with Gasteiger partial charge in [0.15, 0.2) is 0 Å². The summed E-state index contributed by atoms with van der Waals surface area (Å²) in [5.41, 5.74) is 5.12. The monoisotopic (exact) mass is 689 g/mol. The Hall–Kier alpha value is -3.62. The SMILES string of the molecule is CC(C)(C)Nc1nc2ccc(C(C)(C)c3[c-]c(-c4cc5ccccc5cn4)ccc3)nc2c2[c-]cccc12.[Pt+2]. The zero-order valence-corrected chi connectivity index (χ0v) is 25.0. The van der Waals surface area contributed by atoms with Crippen molar-refractivity contribution in [1.82, 2.24) is 15.0 Å². The standard InChI is InChI=1S/C34H30N4.Pt/c1-33(2,3)38-32-27-16-9-8-15-26(27)31-28(36-32)17-18-30(37-31)34(4,5)25-14-10-13-23(19-25)29-20-22-11-6-7-12-24(22)21-35-29;/h6-14,16-18,20-21H,1-5H3,(H,36,38);/q-2;+2. The average Bonchev–Trinajstić information content (AvgIpc) is 2.92. The van der Waals surface area contributed by atoms with E-state index in [0.29, 0.717) is 0 Å². The number of nitrogens with zero attached hydrogens (tertiary/aromatic N) is 3. The van der Waals surface area contributed by atoms with Gasteiger partial charge < -0.3 is 10.3 Å². The number of pyridine rings is 3. The summed E-state index contributed by atoms with van der Waals surface area (Å²) in [5.74, 6) is 0.856. The second kappa shape index (κ2) is 10.2. The molecule has 6 rings (SSSR count). The average molecular weight is 690 g/mol. The van der Waals surface area contributed by atoms with Crippen LogP contribution < -0.4 is 5.32 Å². The molecule has 0 aliphatic rings. The van der Waals surface area contributed by atoms with Gasteiger partial charge in [-0.05, 0) is 49.4 Å². The molecule has 1 N–H and O–H groups in total. The fraction of sp³-hybridized carbons (Fsp3) is 0.206. The zero-order valence-electron chi connectivity index (χ0n) is 22.7. The molecule has 196 valence electrons. The molecule has 4 nitrogen and oxygen atoms in total. The van der Waals surface area contributed by atoms with Gasteiger partial charge in [0.05, 0.1) is 5.82 Å². The first-order valence-electron chi connectivity index (χ1n) is 13.0. The quantitative estimate of drug-likeness (QED) is 0.150. The van der Waals surface area contributed by atoms with Crippen LogP contribution in [0, 0.1) is 12.1 Å². The predicted molar refractivity (Wildman–Crippen MR) is 157 cm³/mol. The van der Waals surface area contributed by atoms with Crippen LogP contribution >= 0.6 is 0 Å². The minimum atomic E-state index is -0.384. The number of anilines is 1. The Morgan fingerprint density at radius 3 is 2.38 bits per heavy atom. The molecule has 3 heterocycles. The molecule has 0 aliphatic heterocycles. The van der Waals surface area contributed by atoms with Gasteiger partial charge in [-0.3, -0.25) is 4.98 Å². The minimum Gasteiger partial charge on any atom is -0.373 e. The molecule has 0 saturated carbocycles. The fourth-order valence-electron chi connectivity index (χ4n) is 4.89. The van der Waals surface area contributed by atoms with Crippen LogP contribution in [0.5, 0.6) is 0 Å². The molecule has 0 fully saturated rings. The van der Waals surface area contributed by atoms with E-state index in [4.69, 9.17) is 15.0 Å². The van der Waals surface area contributed by atoms with Crippen LogP contribution in [0.1, 0.15) is 45.9 Å². The molecule has 3 aromatic carbocycles. The Bertz CT molecular complexity index is 1820. The number of hydrogen-bond donors (Lipinski definition) is 1. The number of rotatable bonds is 4. The summed E-state index contributed by atoms with van der Waals surface area (Å²) in [4.78, 5) is 14.8. The molecule has 0 radical (unpaired) electrons. The van der Waals surface area contributed by atoms with E-state index in [1.807, 2.05) is 24.4 Å². The van der Waals surface area contributed by atoms with E-state index in [0.717, 1.165) is 55.5 Å². The summed E-state index contributed by atoms with van der Waals surface area (Å²) in [7, 11) is 0. The van der Waals surface area contributed by atoms with Crippen LogP contribution in [0.2, 0.25) is 0 Å². The van der Waals surface area contributed by atoms with Crippen molar-refractivity contribution >= 4 is 38.4 Å². The van der Waals surface area contributed by atoms with E-state index >= 15 is 0 Å². The molecule has 0 saturated heterocycles. The van der Waals surface area contributed by atoms with Crippen molar-refractivity contribution < 1.29 is 21.1 Å². The van der Waals surface area contributed by atoms with E-state index in [1.54, 1.807) is 0 Å². The molecule has 0 bridgehead atoms. The Balaban J connectivity index is 0.00000308. The van der Waals surface area contributed by atoms with E-state index in [9.17, 15) is 0 Å². The third-order valence-electron chi connectivity index (χ3n) is 6.96. The van der Waals surface area contributed by atoms with Crippen molar-refractivity contribution in [1.29, 1.82) is 0 Å². The summed E-state index contributed by atoms with van der Waals surface area (Å²) >= 11 is 0. The number of aromatic nitrogens is 3. The summed E-state index contributed by atoms with van der Waals surface area (Å²) < 4.78 is 0. The maximum atomic E-state index is 5.18. The van der Waals surface area contributed by atoms with Crippen molar-refractivity contribution in [2.45, 2.75) is 45.6 Å². The first-order valence-corrected chi connectivity index (χ1v) is 13.0.